The van der Waals surface area contributed by atoms with Gasteiger partial charge in [0.2, 0.25) is 8.32 Å². The molecule has 1 aliphatic rings. The molecule has 0 aliphatic carbocycles. The third kappa shape index (κ3) is 4.95. The molecule has 1 saturated heterocycles. The summed E-state index contributed by atoms with van der Waals surface area (Å²) < 4.78 is 18.1. The smallest absolute Gasteiger partial charge is 0.416 e. The van der Waals surface area contributed by atoms with Crippen LogP contribution < -0.4 is 0 Å². The van der Waals surface area contributed by atoms with Crippen LogP contribution in [0, 0.1) is 0 Å². The maximum atomic E-state index is 6.13. The molecule has 1 fully saturated rings. The molecule has 3 nitrogen and oxygen atoms in total. The Balaban J connectivity index is 2.83. The molecule has 0 saturated carbocycles. The normalized spacial score (nSPS) is 21.5. The molecular formula is C17H35BO3Si. The van der Waals surface area contributed by atoms with E-state index in [1.165, 1.54) is 30.9 Å². The highest BCUT2D eigenvalue weighted by molar-refractivity contribution is 6.79. The van der Waals surface area contributed by atoms with Crippen molar-refractivity contribution in [3.8, 4) is 0 Å². The van der Waals surface area contributed by atoms with Gasteiger partial charge in [-0.3, -0.25) is 0 Å². The number of hydrogen-bond acceptors (Lipinski definition) is 3. The molecule has 0 amide bonds. The molecule has 5 heteroatoms. The van der Waals surface area contributed by atoms with Crippen LogP contribution in [-0.2, 0) is 13.7 Å². The number of hydrogen-bond donors (Lipinski definition) is 0. The van der Waals surface area contributed by atoms with Crippen molar-refractivity contribution in [2.45, 2.75) is 91.0 Å². The molecule has 0 bridgehead atoms. The number of rotatable bonds is 8. The van der Waals surface area contributed by atoms with Crippen molar-refractivity contribution in [2.75, 3.05) is 7.11 Å². The first-order valence-electron chi connectivity index (χ1n) is 8.67. The summed E-state index contributed by atoms with van der Waals surface area (Å²) in [6, 6.07) is 0. The molecular weight excluding hydrogens is 291 g/mol. The summed E-state index contributed by atoms with van der Waals surface area (Å²) in [7, 11) is -0.253. The summed E-state index contributed by atoms with van der Waals surface area (Å²) in [6.45, 7) is 15.1. The van der Waals surface area contributed by atoms with Gasteiger partial charge in [0.1, 0.15) is 0 Å². The lowest BCUT2D eigenvalue weighted by Crippen LogP contribution is -2.41. The molecule has 0 atom stereocenters. The van der Waals surface area contributed by atoms with E-state index in [4.69, 9.17) is 13.7 Å². The zero-order valence-electron chi connectivity index (χ0n) is 15.9. The summed E-state index contributed by atoms with van der Waals surface area (Å²) in [6.07, 6.45) is 6.17. The van der Waals surface area contributed by atoms with Gasteiger partial charge in [0.05, 0.1) is 11.2 Å². The van der Waals surface area contributed by atoms with Crippen molar-refractivity contribution >= 4 is 15.4 Å². The lowest BCUT2D eigenvalue weighted by molar-refractivity contribution is 0.00578. The SMILES string of the molecule is CCCCCC/C(=C/B1OC(C)(C)C(C)(C)O1)[Si](C)(C)OC. The molecule has 0 aromatic rings. The second kappa shape index (κ2) is 7.65. The van der Waals surface area contributed by atoms with Gasteiger partial charge in [0, 0.05) is 7.11 Å². The zero-order valence-corrected chi connectivity index (χ0v) is 16.9. The lowest BCUT2D eigenvalue weighted by atomic mass is 9.89. The van der Waals surface area contributed by atoms with Crippen molar-refractivity contribution in [3.05, 3.63) is 11.2 Å². The van der Waals surface area contributed by atoms with Crippen LogP contribution in [-0.4, -0.2) is 33.7 Å². The van der Waals surface area contributed by atoms with E-state index in [2.05, 4.69) is 53.7 Å². The van der Waals surface area contributed by atoms with Gasteiger partial charge in [0.25, 0.3) is 0 Å². The van der Waals surface area contributed by atoms with E-state index in [0.717, 1.165) is 6.42 Å². The maximum Gasteiger partial charge on any atom is 0.486 e. The standard InChI is InChI=1S/C17H35BO3Si/c1-9-10-11-12-13-15(22(7,8)19-6)14-18-20-16(2,3)17(4,5)21-18/h14H,9-13H2,1-8H3/b15-14-. The molecule has 0 unspecified atom stereocenters. The second-order valence-corrected chi connectivity index (χ2v) is 11.9. The van der Waals surface area contributed by atoms with Crippen LogP contribution in [0.15, 0.2) is 11.2 Å². The van der Waals surface area contributed by atoms with Crippen LogP contribution in [0.3, 0.4) is 0 Å². The fraction of sp³-hybridized carbons (Fsp3) is 0.882. The first kappa shape index (κ1) is 19.9. The summed E-state index contributed by atoms with van der Waals surface area (Å²) in [5.41, 5.74) is -0.555. The van der Waals surface area contributed by atoms with Gasteiger partial charge in [-0.25, -0.2) is 0 Å². The molecule has 0 aromatic heterocycles. The largest absolute Gasteiger partial charge is 0.486 e. The first-order chi connectivity index (χ1) is 10.1. The van der Waals surface area contributed by atoms with Gasteiger partial charge < -0.3 is 13.7 Å². The van der Waals surface area contributed by atoms with Crippen molar-refractivity contribution in [3.63, 3.8) is 0 Å². The minimum Gasteiger partial charge on any atom is -0.416 e. The first-order valence-corrected chi connectivity index (χ1v) is 11.6. The van der Waals surface area contributed by atoms with E-state index in [0.29, 0.717) is 0 Å². The Morgan fingerprint density at radius 1 is 1.05 bits per heavy atom. The Morgan fingerprint density at radius 2 is 1.59 bits per heavy atom. The van der Waals surface area contributed by atoms with Crippen molar-refractivity contribution < 1.29 is 13.7 Å². The van der Waals surface area contributed by atoms with E-state index in [1.807, 2.05) is 7.11 Å². The van der Waals surface area contributed by atoms with Gasteiger partial charge in [-0.05, 0) is 53.6 Å². The molecule has 0 N–H and O–H groups in total. The lowest BCUT2D eigenvalue weighted by Gasteiger charge is -2.32. The summed E-state index contributed by atoms with van der Waals surface area (Å²) in [5, 5.41) is 1.41. The number of allylic oxidation sites excluding steroid dienone is 1. The highest BCUT2D eigenvalue weighted by atomic mass is 28.4. The average molecular weight is 326 g/mol. The second-order valence-electron chi connectivity index (χ2n) is 7.84. The van der Waals surface area contributed by atoms with Crippen molar-refractivity contribution in [1.29, 1.82) is 0 Å². The highest BCUT2D eigenvalue weighted by Crippen LogP contribution is 2.38. The van der Waals surface area contributed by atoms with Crippen LogP contribution in [0.25, 0.3) is 0 Å². The van der Waals surface area contributed by atoms with Crippen LogP contribution >= 0.6 is 0 Å². The topological polar surface area (TPSA) is 27.7 Å². The molecule has 1 rings (SSSR count). The Bertz CT molecular complexity index is 375. The van der Waals surface area contributed by atoms with Gasteiger partial charge in [-0.1, -0.05) is 37.4 Å². The molecule has 0 aromatic carbocycles. The molecule has 1 heterocycles. The maximum absolute atomic E-state index is 6.13. The Labute approximate surface area is 139 Å². The van der Waals surface area contributed by atoms with Gasteiger partial charge in [-0.15, -0.1) is 0 Å². The fourth-order valence-corrected chi connectivity index (χ4v) is 4.16. The summed E-state index contributed by atoms with van der Waals surface area (Å²) >= 11 is 0. The monoisotopic (exact) mass is 326 g/mol. The molecule has 1 aliphatic heterocycles. The zero-order chi connectivity index (χ0) is 17.0. The van der Waals surface area contributed by atoms with E-state index < -0.39 is 8.32 Å². The minimum atomic E-state index is -1.83. The Kier molecular flexibility index (Phi) is 6.93. The predicted molar refractivity (Wildman–Crippen MR) is 97.4 cm³/mol. The van der Waals surface area contributed by atoms with Crippen molar-refractivity contribution in [2.24, 2.45) is 0 Å². The Morgan fingerprint density at radius 3 is 2.05 bits per heavy atom. The predicted octanol–water partition coefficient (Wildman–Crippen LogP) is 4.91. The molecule has 0 radical (unpaired) electrons. The molecule has 128 valence electrons. The van der Waals surface area contributed by atoms with E-state index in [9.17, 15) is 0 Å². The van der Waals surface area contributed by atoms with Gasteiger partial charge in [0.15, 0.2) is 0 Å². The van der Waals surface area contributed by atoms with Crippen LogP contribution in [0.4, 0.5) is 0 Å². The van der Waals surface area contributed by atoms with Crippen LogP contribution in [0.1, 0.15) is 66.7 Å². The quantitative estimate of drug-likeness (QED) is 0.469. The Hall–Kier alpha value is -0.0982. The summed E-state index contributed by atoms with van der Waals surface area (Å²) in [4.78, 5) is 0. The van der Waals surface area contributed by atoms with E-state index in [1.54, 1.807) is 0 Å². The van der Waals surface area contributed by atoms with Crippen LogP contribution in [0.2, 0.25) is 13.1 Å². The highest BCUT2D eigenvalue weighted by Gasteiger charge is 2.50. The summed E-state index contributed by atoms with van der Waals surface area (Å²) in [5.74, 6) is 2.19. The molecule has 0 spiro atoms. The minimum absolute atomic E-state index is 0.256. The molecule has 22 heavy (non-hydrogen) atoms. The third-order valence-electron chi connectivity index (χ3n) is 5.19. The van der Waals surface area contributed by atoms with E-state index in [-0.39, 0.29) is 18.3 Å². The van der Waals surface area contributed by atoms with Crippen molar-refractivity contribution in [1.82, 2.24) is 0 Å². The average Bonchev–Trinajstić information content (AvgIpc) is 2.61. The third-order valence-corrected chi connectivity index (χ3v) is 8.18. The van der Waals surface area contributed by atoms with Crippen LogP contribution in [0.5, 0.6) is 0 Å². The van der Waals surface area contributed by atoms with E-state index >= 15 is 0 Å². The fourth-order valence-electron chi connectivity index (χ4n) is 2.58. The van der Waals surface area contributed by atoms with Gasteiger partial charge in [-0.2, -0.15) is 0 Å². The van der Waals surface area contributed by atoms with Gasteiger partial charge >= 0.3 is 7.12 Å². The number of unbranched alkanes of at least 4 members (excludes halogenated alkanes) is 3.